The van der Waals surface area contributed by atoms with E-state index in [1.54, 1.807) is 19.8 Å². The van der Waals surface area contributed by atoms with E-state index in [1.807, 2.05) is 11.3 Å². The van der Waals surface area contributed by atoms with Crippen LogP contribution in [0.3, 0.4) is 0 Å². The zero-order valence-corrected chi connectivity index (χ0v) is 18.3. The van der Waals surface area contributed by atoms with Crippen molar-refractivity contribution < 1.29 is 0 Å². The standard InChI is InChI=1S/C25H27NS2/c1-14-5-3-4-6-21(14)26-15(2)22-20-7-8-27-24(20)28-23(22)25(26)18-10-16-9-17(12-18)13-19(25)11-16/h3-8,15-19H,9-13H2,1-2H3/t15-,16?,17?,18?,19?,25?/m0/s1. The molecule has 1 aromatic carbocycles. The molecule has 144 valence electrons. The van der Waals surface area contributed by atoms with E-state index in [0.29, 0.717) is 6.04 Å². The van der Waals surface area contributed by atoms with Gasteiger partial charge in [0.1, 0.15) is 0 Å². The van der Waals surface area contributed by atoms with Crippen LogP contribution in [0, 0.1) is 30.6 Å². The first-order valence-corrected chi connectivity index (χ1v) is 12.7. The van der Waals surface area contributed by atoms with Gasteiger partial charge in [0, 0.05) is 16.0 Å². The van der Waals surface area contributed by atoms with Crippen LogP contribution in [-0.2, 0) is 5.54 Å². The van der Waals surface area contributed by atoms with Crippen LogP contribution in [0.25, 0.3) is 9.40 Å². The molecule has 4 fully saturated rings. The van der Waals surface area contributed by atoms with E-state index in [2.05, 4.69) is 65.8 Å². The highest BCUT2D eigenvalue weighted by atomic mass is 32.2. The largest absolute Gasteiger partial charge is 0.353 e. The van der Waals surface area contributed by atoms with E-state index in [-0.39, 0.29) is 5.54 Å². The van der Waals surface area contributed by atoms with Gasteiger partial charge in [-0.3, -0.25) is 0 Å². The quantitative estimate of drug-likeness (QED) is 0.405. The fraction of sp³-hybridized carbons (Fsp3) is 0.520. The molecule has 0 N–H and O–H groups in total. The number of hydrogen-bond donors (Lipinski definition) is 0. The minimum Gasteiger partial charge on any atom is -0.353 e. The van der Waals surface area contributed by atoms with E-state index < -0.39 is 0 Å². The van der Waals surface area contributed by atoms with Crippen LogP contribution in [0.2, 0.25) is 0 Å². The third kappa shape index (κ3) is 1.80. The van der Waals surface area contributed by atoms with Crippen LogP contribution >= 0.6 is 22.7 Å². The van der Waals surface area contributed by atoms with Gasteiger partial charge in [-0.15, -0.1) is 22.7 Å². The zero-order valence-electron chi connectivity index (χ0n) is 16.7. The summed E-state index contributed by atoms with van der Waals surface area (Å²) in [5, 5.41) is 3.86. The Kier molecular flexibility index (Phi) is 3.19. The predicted molar refractivity (Wildman–Crippen MR) is 120 cm³/mol. The molecule has 3 heteroatoms. The molecular formula is C25H27NS2. The summed E-state index contributed by atoms with van der Waals surface area (Å²) in [6.07, 6.45) is 7.38. The molecule has 2 aromatic heterocycles. The van der Waals surface area contributed by atoms with Crippen molar-refractivity contribution >= 4 is 37.8 Å². The molecule has 0 unspecified atom stereocenters. The normalized spacial score (nSPS) is 38.1. The predicted octanol–water partition coefficient (Wildman–Crippen LogP) is 7.50. The number of nitrogens with zero attached hydrogens (tertiary/aromatic N) is 1. The molecule has 0 amide bonds. The summed E-state index contributed by atoms with van der Waals surface area (Å²) in [7, 11) is 0. The maximum Gasteiger partial charge on any atom is 0.0872 e. The first kappa shape index (κ1) is 16.5. The number of benzene rings is 1. The van der Waals surface area contributed by atoms with E-state index in [0.717, 1.165) is 23.7 Å². The van der Waals surface area contributed by atoms with Gasteiger partial charge in [-0.1, -0.05) is 18.2 Å². The lowest BCUT2D eigenvalue weighted by molar-refractivity contribution is -0.0588. The molecule has 0 radical (unpaired) electrons. The van der Waals surface area contributed by atoms with E-state index in [9.17, 15) is 0 Å². The Hall–Kier alpha value is -1.32. The van der Waals surface area contributed by atoms with Gasteiger partial charge < -0.3 is 4.90 Å². The third-order valence-electron chi connectivity index (χ3n) is 8.68. The fourth-order valence-corrected chi connectivity index (χ4v) is 10.7. The Morgan fingerprint density at radius 2 is 1.68 bits per heavy atom. The summed E-state index contributed by atoms with van der Waals surface area (Å²) < 4.78 is 1.56. The number of anilines is 1. The van der Waals surface area contributed by atoms with Crippen LogP contribution in [0.5, 0.6) is 0 Å². The highest BCUT2D eigenvalue weighted by molar-refractivity contribution is 7.37. The van der Waals surface area contributed by atoms with Crippen LogP contribution < -0.4 is 4.90 Å². The van der Waals surface area contributed by atoms with Gasteiger partial charge in [0.2, 0.25) is 0 Å². The number of aryl methyl sites for hydroxylation is 1. The maximum absolute atomic E-state index is 2.94. The van der Waals surface area contributed by atoms with Crippen LogP contribution in [0.15, 0.2) is 35.7 Å². The molecule has 1 spiro atoms. The lowest BCUT2D eigenvalue weighted by Crippen LogP contribution is -2.62. The Balaban J connectivity index is 1.54. The Bertz CT molecular complexity index is 1060. The monoisotopic (exact) mass is 405 g/mol. The molecule has 4 bridgehead atoms. The smallest absolute Gasteiger partial charge is 0.0872 e. The maximum atomic E-state index is 2.94. The highest BCUT2D eigenvalue weighted by Crippen LogP contribution is 2.70. The number of rotatable bonds is 1. The summed E-state index contributed by atoms with van der Waals surface area (Å²) in [5.74, 6) is 3.71. The van der Waals surface area contributed by atoms with Gasteiger partial charge in [-0.05, 0) is 98.3 Å². The lowest BCUT2D eigenvalue weighted by Gasteiger charge is -2.63. The second-order valence-corrected chi connectivity index (χ2v) is 12.1. The second kappa shape index (κ2) is 5.43. The summed E-state index contributed by atoms with van der Waals surface area (Å²) >= 11 is 4.11. The van der Waals surface area contributed by atoms with E-state index >= 15 is 0 Å². The average molecular weight is 406 g/mol. The van der Waals surface area contributed by atoms with Gasteiger partial charge >= 0.3 is 0 Å². The van der Waals surface area contributed by atoms with E-state index in [1.165, 1.54) is 43.4 Å². The van der Waals surface area contributed by atoms with Gasteiger partial charge in [-0.2, -0.15) is 0 Å². The molecule has 4 aliphatic carbocycles. The van der Waals surface area contributed by atoms with Gasteiger partial charge in [-0.25, -0.2) is 0 Å². The number of para-hydroxylation sites is 1. The van der Waals surface area contributed by atoms with Crippen molar-refractivity contribution in [2.24, 2.45) is 23.7 Å². The van der Waals surface area contributed by atoms with Crippen molar-refractivity contribution in [3.8, 4) is 0 Å². The van der Waals surface area contributed by atoms with Crippen molar-refractivity contribution in [3.05, 3.63) is 51.7 Å². The molecule has 5 aliphatic rings. The molecule has 8 rings (SSSR count). The molecule has 3 aromatic rings. The van der Waals surface area contributed by atoms with Crippen LogP contribution in [-0.4, -0.2) is 0 Å². The lowest BCUT2D eigenvalue weighted by atomic mass is 9.48. The van der Waals surface area contributed by atoms with Crippen LogP contribution in [0.1, 0.15) is 61.1 Å². The van der Waals surface area contributed by atoms with Gasteiger partial charge in [0.05, 0.1) is 15.6 Å². The number of hydrogen-bond acceptors (Lipinski definition) is 3. The number of fused-ring (bicyclic) bond motifs is 3. The van der Waals surface area contributed by atoms with Crippen molar-refractivity contribution in [1.29, 1.82) is 0 Å². The summed E-state index contributed by atoms with van der Waals surface area (Å²) in [6.45, 7) is 4.81. The first-order valence-electron chi connectivity index (χ1n) is 11.0. The molecule has 4 saturated carbocycles. The third-order valence-corrected chi connectivity index (χ3v) is 11.1. The van der Waals surface area contributed by atoms with E-state index in [4.69, 9.17) is 0 Å². The first-order chi connectivity index (χ1) is 13.7. The molecule has 1 nitrogen and oxygen atoms in total. The Morgan fingerprint density at radius 3 is 2.39 bits per heavy atom. The summed E-state index contributed by atoms with van der Waals surface area (Å²) in [6, 6.07) is 12.1. The van der Waals surface area contributed by atoms with Crippen molar-refractivity contribution in [2.75, 3.05) is 4.90 Å². The van der Waals surface area contributed by atoms with Gasteiger partial charge in [0.25, 0.3) is 0 Å². The topological polar surface area (TPSA) is 3.24 Å². The fourth-order valence-electron chi connectivity index (χ4n) is 8.02. The molecule has 3 heterocycles. The molecular weight excluding hydrogens is 378 g/mol. The SMILES string of the molecule is Cc1ccccc1N1[C@@H](C)c2c(sc3sccc23)C12C1CC3CC(C1)CC2C3. The second-order valence-electron chi connectivity index (χ2n) is 9.93. The molecule has 1 aliphatic heterocycles. The van der Waals surface area contributed by atoms with Crippen LogP contribution in [0.4, 0.5) is 5.69 Å². The average Bonchev–Trinajstić information content (AvgIpc) is 3.31. The number of thiophene rings is 2. The molecule has 0 saturated heterocycles. The minimum atomic E-state index is 0.262. The Labute approximate surface area is 175 Å². The molecule has 28 heavy (non-hydrogen) atoms. The van der Waals surface area contributed by atoms with Crippen molar-refractivity contribution in [3.63, 3.8) is 0 Å². The highest BCUT2D eigenvalue weighted by Gasteiger charge is 2.65. The summed E-state index contributed by atoms with van der Waals surface area (Å²) in [4.78, 5) is 4.70. The Morgan fingerprint density at radius 1 is 0.964 bits per heavy atom. The molecule has 1 atom stereocenters. The van der Waals surface area contributed by atoms with Crippen molar-refractivity contribution in [2.45, 2.75) is 57.5 Å². The summed E-state index contributed by atoms with van der Waals surface area (Å²) in [5.41, 5.74) is 4.88. The van der Waals surface area contributed by atoms with Crippen molar-refractivity contribution in [1.82, 2.24) is 0 Å². The minimum absolute atomic E-state index is 0.262. The zero-order chi connectivity index (χ0) is 18.6. The van der Waals surface area contributed by atoms with Gasteiger partial charge in [0.15, 0.2) is 0 Å².